The van der Waals surface area contributed by atoms with E-state index >= 15 is 0 Å². The molecule has 1 N–H and O–H groups in total. The number of anilines is 1. The lowest BCUT2D eigenvalue weighted by Gasteiger charge is -2.31. The van der Waals surface area contributed by atoms with Crippen molar-refractivity contribution in [2.75, 3.05) is 37.9 Å². The van der Waals surface area contributed by atoms with Crippen LogP contribution in [0.5, 0.6) is 11.5 Å². The van der Waals surface area contributed by atoms with E-state index in [2.05, 4.69) is 5.32 Å². The first-order chi connectivity index (χ1) is 16.1. The number of ether oxygens (including phenoxy) is 2. The molecule has 0 saturated heterocycles. The molecule has 2 aromatic carbocycles. The van der Waals surface area contributed by atoms with Crippen molar-refractivity contribution in [3.63, 3.8) is 0 Å². The summed E-state index contributed by atoms with van der Waals surface area (Å²) in [6.45, 7) is 3.70. The summed E-state index contributed by atoms with van der Waals surface area (Å²) < 4.78 is 36.6. The zero-order valence-electron chi connectivity index (χ0n) is 20.3. The highest BCUT2D eigenvalue weighted by Gasteiger charge is 2.30. The van der Waals surface area contributed by atoms with Crippen LogP contribution in [0.1, 0.15) is 25.8 Å². The van der Waals surface area contributed by atoms with Gasteiger partial charge in [0.25, 0.3) is 0 Å². The van der Waals surface area contributed by atoms with Crippen LogP contribution in [0.2, 0.25) is 0 Å². The van der Waals surface area contributed by atoms with Gasteiger partial charge >= 0.3 is 0 Å². The number of sulfonamides is 1. The fourth-order valence-electron chi connectivity index (χ4n) is 3.29. The van der Waals surface area contributed by atoms with Crippen molar-refractivity contribution in [1.82, 2.24) is 10.2 Å². The SMILES string of the molecule is CCCNC(=O)[C@H](C)N(Cc1ccc(OC)cc1)C(=O)CN(c1cccc(OC)c1)S(C)(=O)=O. The first-order valence-electron chi connectivity index (χ1n) is 10.9. The van der Waals surface area contributed by atoms with Gasteiger partial charge < -0.3 is 19.7 Å². The van der Waals surface area contributed by atoms with Gasteiger partial charge in [-0.05, 0) is 43.2 Å². The Bertz CT molecular complexity index is 1070. The van der Waals surface area contributed by atoms with Gasteiger partial charge in [0.1, 0.15) is 24.1 Å². The van der Waals surface area contributed by atoms with Gasteiger partial charge in [0, 0.05) is 19.2 Å². The quantitative estimate of drug-likeness (QED) is 0.489. The van der Waals surface area contributed by atoms with E-state index in [-0.39, 0.29) is 12.5 Å². The lowest BCUT2D eigenvalue weighted by molar-refractivity contribution is -0.139. The van der Waals surface area contributed by atoms with Gasteiger partial charge in [-0.2, -0.15) is 0 Å². The topological polar surface area (TPSA) is 105 Å². The molecule has 0 aliphatic heterocycles. The molecule has 0 aliphatic rings. The number of methoxy groups -OCH3 is 2. The molecule has 0 fully saturated rings. The summed E-state index contributed by atoms with van der Waals surface area (Å²) in [5.74, 6) is 0.303. The Kier molecular flexibility index (Phi) is 9.73. The van der Waals surface area contributed by atoms with E-state index in [4.69, 9.17) is 9.47 Å². The van der Waals surface area contributed by atoms with Crippen LogP contribution < -0.4 is 19.1 Å². The molecule has 34 heavy (non-hydrogen) atoms. The molecule has 0 heterocycles. The summed E-state index contributed by atoms with van der Waals surface area (Å²) in [6, 6.07) is 12.8. The highest BCUT2D eigenvalue weighted by Crippen LogP contribution is 2.24. The maximum absolute atomic E-state index is 13.5. The number of hydrogen-bond donors (Lipinski definition) is 1. The van der Waals surface area contributed by atoms with Crippen molar-refractivity contribution < 1.29 is 27.5 Å². The molecule has 0 aromatic heterocycles. The minimum Gasteiger partial charge on any atom is -0.497 e. The predicted molar refractivity (Wildman–Crippen MR) is 131 cm³/mol. The fraction of sp³-hybridized carbons (Fsp3) is 0.417. The van der Waals surface area contributed by atoms with Crippen LogP contribution in [-0.4, -0.2) is 64.7 Å². The first kappa shape index (κ1) is 27.0. The van der Waals surface area contributed by atoms with E-state index in [0.29, 0.717) is 23.7 Å². The fourth-order valence-corrected chi connectivity index (χ4v) is 4.13. The number of nitrogens with zero attached hydrogens (tertiary/aromatic N) is 2. The van der Waals surface area contributed by atoms with Crippen molar-refractivity contribution >= 4 is 27.5 Å². The first-order valence-corrected chi connectivity index (χ1v) is 12.8. The summed E-state index contributed by atoms with van der Waals surface area (Å²) in [5, 5.41) is 2.80. The predicted octanol–water partition coefficient (Wildman–Crippen LogP) is 2.41. The summed E-state index contributed by atoms with van der Waals surface area (Å²) >= 11 is 0. The molecule has 10 heteroatoms. The van der Waals surface area contributed by atoms with Crippen LogP contribution in [0.3, 0.4) is 0 Å². The maximum atomic E-state index is 13.5. The average Bonchev–Trinajstić information content (AvgIpc) is 2.83. The molecule has 2 rings (SSSR count). The summed E-state index contributed by atoms with van der Waals surface area (Å²) in [4.78, 5) is 27.5. The third-order valence-corrected chi connectivity index (χ3v) is 6.39. The van der Waals surface area contributed by atoms with Crippen LogP contribution >= 0.6 is 0 Å². The Morgan fingerprint density at radius 3 is 2.24 bits per heavy atom. The van der Waals surface area contributed by atoms with E-state index in [1.54, 1.807) is 62.6 Å². The van der Waals surface area contributed by atoms with Gasteiger partial charge in [-0.1, -0.05) is 25.1 Å². The Balaban J connectivity index is 2.37. The van der Waals surface area contributed by atoms with Crippen LogP contribution in [0.25, 0.3) is 0 Å². The maximum Gasteiger partial charge on any atom is 0.244 e. The zero-order chi connectivity index (χ0) is 25.3. The van der Waals surface area contributed by atoms with Gasteiger partial charge in [-0.3, -0.25) is 13.9 Å². The normalized spacial score (nSPS) is 11.9. The largest absolute Gasteiger partial charge is 0.497 e. The van der Waals surface area contributed by atoms with Crippen molar-refractivity contribution in [2.24, 2.45) is 0 Å². The minimum atomic E-state index is -3.80. The number of carbonyl (C=O) groups is 2. The Labute approximate surface area is 201 Å². The molecular formula is C24H33N3O6S. The Hall–Kier alpha value is -3.27. The molecule has 0 radical (unpaired) electrons. The second-order valence-electron chi connectivity index (χ2n) is 7.81. The number of amides is 2. The van der Waals surface area contributed by atoms with Crippen molar-refractivity contribution in [3.8, 4) is 11.5 Å². The molecule has 9 nitrogen and oxygen atoms in total. The van der Waals surface area contributed by atoms with E-state index < -0.39 is 28.5 Å². The standard InChI is InChI=1S/C24H33N3O6S/c1-6-14-25-24(29)18(2)26(16-19-10-12-21(32-3)13-11-19)23(28)17-27(34(5,30)31)20-8-7-9-22(15-20)33-4/h7-13,15,18H,6,14,16-17H2,1-5H3,(H,25,29)/t18-/m0/s1. The molecule has 0 unspecified atom stereocenters. The van der Waals surface area contributed by atoms with E-state index in [1.165, 1.54) is 12.0 Å². The van der Waals surface area contributed by atoms with Gasteiger partial charge in [-0.15, -0.1) is 0 Å². The van der Waals surface area contributed by atoms with E-state index in [1.807, 2.05) is 6.92 Å². The van der Waals surface area contributed by atoms with Crippen LogP contribution in [-0.2, 0) is 26.2 Å². The summed E-state index contributed by atoms with van der Waals surface area (Å²) in [5.41, 5.74) is 1.07. The zero-order valence-corrected chi connectivity index (χ0v) is 21.1. The smallest absolute Gasteiger partial charge is 0.244 e. The Morgan fingerprint density at radius 1 is 1.03 bits per heavy atom. The van der Waals surface area contributed by atoms with E-state index in [9.17, 15) is 18.0 Å². The van der Waals surface area contributed by atoms with Crippen LogP contribution in [0.4, 0.5) is 5.69 Å². The lowest BCUT2D eigenvalue weighted by Crippen LogP contribution is -2.51. The number of nitrogens with one attached hydrogen (secondary N) is 1. The molecule has 0 saturated carbocycles. The van der Waals surface area contributed by atoms with Gasteiger partial charge in [0.15, 0.2) is 0 Å². The van der Waals surface area contributed by atoms with E-state index in [0.717, 1.165) is 22.5 Å². The molecule has 0 aliphatic carbocycles. The third-order valence-electron chi connectivity index (χ3n) is 5.25. The second-order valence-corrected chi connectivity index (χ2v) is 9.71. The van der Waals surface area contributed by atoms with Crippen molar-refractivity contribution in [3.05, 3.63) is 54.1 Å². The van der Waals surface area contributed by atoms with Crippen LogP contribution in [0.15, 0.2) is 48.5 Å². The Morgan fingerprint density at radius 2 is 1.68 bits per heavy atom. The van der Waals surface area contributed by atoms with Crippen molar-refractivity contribution in [2.45, 2.75) is 32.9 Å². The van der Waals surface area contributed by atoms with Crippen LogP contribution in [0, 0.1) is 0 Å². The molecule has 2 aromatic rings. The minimum absolute atomic E-state index is 0.124. The van der Waals surface area contributed by atoms with Crippen molar-refractivity contribution in [1.29, 1.82) is 0 Å². The van der Waals surface area contributed by atoms with Gasteiger partial charge in [0.2, 0.25) is 21.8 Å². The monoisotopic (exact) mass is 491 g/mol. The second kappa shape index (κ2) is 12.3. The molecule has 0 bridgehead atoms. The lowest BCUT2D eigenvalue weighted by atomic mass is 10.1. The summed E-state index contributed by atoms with van der Waals surface area (Å²) in [7, 11) is -0.767. The highest BCUT2D eigenvalue weighted by atomic mass is 32.2. The number of benzene rings is 2. The highest BCUT2D eigenvalue weighted by molar-refractivity contribution is 7.92. The summed E-state index contributed by atoms with van der Waals surface area (Å²) in [6.07, 6.45) is 1.79. The van der Waals surface area contributed by atoms with Gasteiger partial charge in [0.05, 0.1) is 26.2 Å². The molecular weight excluding hydrogens is 458 g/mol. The number of carbonyl (C=O) groups excluding carboxylic acids is 2. The number of rotatable bonds is 12. The van der Waals surface area contributed by atoms with Gasteiger partial charge in [-0.25, -0.2) is 8.42 Å². The number of hydrogen-bond acceptors (Lipinski definition) is 6. The average molecular weight is 492 g/mol. The molecule has 2 amide bonds. The molecule has 186 valence electrons. The molecule has 0 spiro atoms. The third kappa shape index (κ3) is 7.38. The molecule has 1 atom stereocenters.